The summed E-state index contributed by atoms with van der Waals surface area (Å²) in [5.41, 5.74) is 17.4. The molecule has 7 rings (SSSR count). The zero-order chi connectivity index (χ0) is 100.0. The van der Waals surface area contributed by atoms with Crippen molar-refractivity contribution in [1.29, 1.82) is 0 Å². The Morgan fingerprint density at radius 3 is 1.39 bits per heavy atom. The number of aromatic amines is 1. The van der Waals surface area contributed by atoms with E-state index >= 15 is 0 Å². The number of benzene rings is 1. The first-order valence-corrected chi connectivity index (χ1v) is 44.8. The summed E-state index contributed by atoms with van der Waals surface area (Å²) in [4.78, 5) is 310. The van der Waals surface area contributed by atoms with Gasteiger partial charge in [0.05, 0.1) is 70.0 Å². The van der Waals surface area contributed by atoms with E-state index in [-0.39, 0.29) is 127 Å². The number of H-pyrrole nitrogens is 1. The van der Waals surface area contributed by atoms with Crippen molar-refractivity contribution in [1.82, 2.24) is 98.3 Å². The number of carbonyl (C=O) groups excluding carboxylic acids is 18. The summed E-state index contributed by atoms with van der Waals surface area (Å²) in [6.45, 7) is 0.190. The number of nitrogens with zero attached hydrogens (tertiary/aromatic N) is 6. The highest BCUT2D eigenvalue weighted by Gasteiger charge is 2.48. The van der Waals surface area contributed by atoms with Crippen LogP contribution >= 0.6 is 0 Å². The van der Waals surface area contributed by atoms with Gasteiger partial charge in [0.1, 0.15) is 96.4 Å². The van der Waals surface area contributed by atoms with Gasteiger partial charge in [-0.15, -0.1) is 0 Å². The maximum absolute atomic E-state index is 14.7. The van der Waals surface area contributed by atoms with Gasteiger partial charge >= 0.3 is 34.3 Å². The summed E-state index contributed by atoms with van der Waals surface area (Å²) in [5, 5.41) is 86.5. The third-order valence-electron chi connectivity index (χ3n) is 22.8. The number of carbonyl (C=O) groups is 22. The van der Waals surface area contributed by atoms with Crippen LogP contribution in [-0.4, -0.2) is 371 Å². The molecule has 135 heavy (non-hydrogen) atoms. The van der Waals surface area contributed by atoms with E-state index in [1.165, 1.54) is 34.5 Å². The molecule has 0 bridgehead atoms. The van der Waals surface area contributed by atoms with Gasteiger partial charge in [0, 0.05) is 51.8 Å². The summed E-state index contributed by atoms with van der Waals surface area (Å²) in [5.74, 6) is -25.6. The minimum Gasteiger partial charge on any atom is -0.481 e. The molecule has 5 saturated heterocycles. The Morgan fingerprint density at radius 1 is 0.467 bits per heavy atom. The lowest BCUT2D eigenvalue weighted by Gasteiger charge is -2.34. The predicted octanol–water partition coefficient (Wildman–Crippen LogP) is -11.1. The zero-order valence-corrected chi connectivity index (χ0v) is 74.8. The standard InChI is InChI=1S/C80H116N22O32S/c1-39(2)64(79(128)102-26-10-16-57(102)78(127)101-25-9-15-56(101)74(123)96-52(37-104)80(129)130)97-60(107)35-86-71(120)53-12-6-22-98(53)77(126)50(32-63(112)113)94-69(118)47(28-42-33-84-38-87-42)92-68(117)45(11-4-5-21-81)90-72(121)54-13-7-23-99(54)75(124)48(30-58(83)105)93-65(114)40(3)88-70(119)51(36-103)95-73(122)55-14-8-24-100(55)76(125)49(31-62(110)111)89-59(106)34-85-67(116)46(91-66(115)44(82)29-61(108)109)27-41-17-19-43(20-18-41)134-135(131,132)133/h17-20,33,38-40,44-57,64,103-104H,4-16,21-32,34-37,81-82H2,1-3H3,(H2,83,105)(H,84,87)(H,85,116)(H,86,120)(H,88,119)(H,89,106)(H,90,121)(H,91,115)(H,92,117)(H,93,114)(H,94,118)(H,95,122)(H,96,123)(H,97,107)(H,108,109)(H,110,111)(H,112,113)(H,129,130)(H,131,132,133)/t40-,44-,45-,46-,47-,48-,49-,50-,51-,52-,53-,54-,55-,56-,57-,64-/m0/s1. The number of nitrogens with one attached hydrogen (secondary N) is 13. The third-order valence-corrected chi connectivity index (χ3v) is 23.2. The quantitative estimate of drug-likeness (QED) is 0.0216. The predicted molar refractivity (Wildman–Crippen MR) is 457 cm³/mol. The molecule has 5 aliphatic rings. The average molecular weight is 1930 g/mol. The molecule has 5 fully saturated rings. The van der Waals surface area contributed by atoms with Crippen molar-refractivity contribution in [3.8, 4) is 5.75 Å². The molecule has 0 spiro atoms. The van der Waals surface area contributed by atoms with Crippen LogP contribution in [0.2, 0.25) is 0 Å². The summed E-state index contributed by atoms with van der Waals surface area (Å²) in [7, 11) is -4.95. The fourth-order valence-corrected chi connectivity index (χ4v) is 16.3. The van der Waals surface area contributed by atoms with Crippen molar-refractivity contribution in [3.05, 3.63) is 48.0 Å². The molecule has 16 atom stereocenters. The van der Waals surface area contributed by atoms with E-state index in [0.717, 1.165) is 33.8 Å². The number of aliphatic carboxylic acids is 4. The first-order valence-electron chi connectivity index (χ1n) is 43.4. The Bertz CT molecular complexity index is 4820. The number of primary amides is 1. The van der Waals surface area contributed by atoms with Gasteiger partial charge in [0.15, 0.2) is 0 Å². The number of aliphatic hydroxyl groups excluding tert-OH is 2. The Labute approximate surface area is 770 Å². The van der Waals surface area contributed by atoms with Gasteiger partial charge in [-0.1, -0.05) is 26.0 Å². The van der Waals surface area contributed by atoms with Crippen LogP contribution < -0.4 is 85.2 Å². The molecule has 1 aromatic heterocycles. The highest BCUT2D eigenvalue weighted by Crippen LogP contribution is 2.29. The molecule has 54 nitrogen and oxygen atoms in total. The second-order valence-corrected chi connectivity index (χ2v) is 34.2. The first kappa shape index (κ1) is 108. The van der Waals surface area contributed by atoms with Crippen LogP contribution in [0.3, 0.4) is 0 Å². The van der Waals surface area contributed by atoms with Crippen LogP contribution in [0.25, 0.3) is 0 Å². The number of carboxylic acids is 4. The Morgan fingerprint density at radius 2 is 0.896 bits per heavy atom. The molecule has 55 heteroatoms. The van der Waals surface area contributed by atoms with Gasteiger partial charge in [0.2, 0.25) is 106 Å². The fraction of sp³-hybridized carbons (Fsp3) is 0.613. The number of hydrogen-bond acceptors (Lipinski definition) is 30. The van der Waals surface area contributed by atoms with Crippen molar-refractivity contribution in [2.24, 2.45) is 23.1 Å². The molecule has 0 aliphatic carbocycles. The topological polar surface area (TPSA) is 828 Å². The minimum atomic E-state index is -4.95. The van der Waals surface area contributed by atoms with Gasteiger partial charge in [0.25, 0.3) is 0 Å². The SMILES string of the molecule is CC(C)[C@H](NC(=O)CNC(=O)[C@@H]1CCCN1C(=O)[C@H](CC(=O)O)NC(=O)[C@H](Cc1c[nH]cn1)NC(=O)[C@H](CCCCN)NC(=O)[C@@H]1CCCN1C(=O)[C@H](CC(N)=O)NC(=O)[C@H](C)NC(=O)[C@H](CO)NC(=O)[C@@H]1CCCN1C(=O)[C@H](CC(=O)O)NC(=O)CNC(=O)[C@H](Cc1ccc(OS(=O)(=O)O)cc1)NC(=O)[C@@H](N)CC(=O)O)C(=O)N1CCC[C@H]1C(=O)N1CCC[C@H]1C(=O)N[C@@H](CO)C(=O)O. The molecule has 0 radical (unpaired) electrons. The van der Waals surface area contributed by atoms with E-state index in [2.05, 4.69) is 78.0 Å². The number of aliphatic hydroxyl groups is 2. The Kier molecular flexibility index (Phi) is 40.9. The second kappa shape index (κ2) is 51.0. The van der Waals surface area contributed by atoms with Crippen LogP contribution in [0.5, 0.6) is 5.75 Å². The number of aromatic nitrogens is 2. The van der Waals surface area contributed by atoms with Crippen molar-refractivity contribution in [2.45, 2.75) is 239 Å². The molecular formula is C80H116N22O32S. The first-order chi connectivity index (χ1) is 63.7. The van der Waals surface area contributed by atoms with E-state index in [0.29, 0.717) is 12.8 Å². The second-order valence-electron chi connectivity index (χ2n) is 33.1. The number of amides is 18. The number of nitrogens with two attached hydrogens (primary N) is 3. The molecule has 0 saturated carbocycles. The van der Waals surface area contributed by atoms with E-state index in [9.17, 15) is 139 Å². The van der Waals surface area contributed by atoms with Crippen molar-refractivity contribution < 1.29 is 153 Å². The molecule has 744 valence electrons. The highest BCUT2D eigenvalue weighted by atomic mass is 32.3. The minimum absolute atomic E-state index is 0.0155. The summed E-state index contributed by atoms with van der Waals surface area (Å²) in [6.07, 6.45) is -0.752. The van der Waals surface area contributed by atoms with Gasteiger partial charge in [-0.25, -0.2) is 9.78 Å². The van der Waals surface area contributed by atoms with Crippen LogP contribution in [0, 0.1) is 5.92 Å². The van der Waals surface area contributed by atoms with Gasteiger partial charge < -0.3 is 145 Å². The van der Waals surface area contributed by atoms with Crippen LogP contribution in [-0.2, 0) is 129 Å². The van der Waals surface area contributed by atoms with Gasteiger partial charge in [-0.2, -0.15) is 8.42 Å². The van der Waals surface area contributed by atoms with E-state index < -0.39 is 308 Å². The molecule has 26 N–H and O–H groups in total. The molecule has 6 heterocycles. The maximum atomic E-state index is 14.7. The molecule has 2 aromatic rings. The Balaban J connectivity index is 0.948. The maximum Gasteiger partial charge on any atom is 0.446 e. The summed E-state index contributed by atoms with van der Waals surface area (Å²) < 4.78 is 35.8. The lowest BCUT2D eigenvalue weighted by Crippen LogP contribution is -2.61. The van der Waals surface area contributed by atoms with Crippen molar-refractivity contribution in [3.63, 3.8) is 0 Å². The lowest BCUT2D eigenvalue weighted by atomic mass is 10.0. The summed E-state index contributed by atoms with van der Waals surface area (Å²) in [6, 6.07) is -20.7. The number of hydrogen-bond donors (Lipinski definition) is 23. The number of rotatable bonds is 51. The molecular weight excluding hydrogens is 1810 g/mol. The normalized spacial score (nSPS) is 19.4. The number of carboxylic acid groups (broad SMARTS) is 4. The zero-order valence-electron chi connectivity index (χ0n) is 73.9. The van der Waals surface area contributed by atoms with Gasteiger partial charge in [-0.05, 0) is 121 Å². The van der Waals surface area contributed by atoms with Crippen LogP contribution in [0.4, 0.5) is 0 Å². The number of unbranched alkanes of at least 4 members (excludes halogenated alkanes) is 1. The Hall–Kier alpha value is -13.7. The van der Waals surface area contributed by atoms with Crippen LogP contribution in [0.15, 0.2) is 36.8 Å². The third kappa shape index (κ3) is 32.0. The highest BCUT2D eigenvalue weighted by molar-refractivity contribution is 7.81. The van der Waals surface area contributed by atoms with E-state index in [4.69, 9.17) is 26.9 Å². The molecule has 1 aromatic carbocycles. The van der Waals surface area contributed by atoms with E-state index in [1.54, 1.807) is 13.8 Å². The molecule has 5 aliphatic heterocycles. The van der Waals surface area contributed by atoms with Gasteiger partial charge in [-0.3, -0.25) is 105 Å². The monoisotopic (exact) mass is 1930 g/mol. The van der Waals surface area contributed by atoms with Crippen molar-refractivity contribution in [2.75, 3.05) is 65.6 Å². The molecule has 0 unspecified atom stereocenters. The molecule has 18 amide bonds. The fourth-order valence-electron chi connectivity index (χ4n) is 16.0. The van der Waals surface area contributed by atoms with Crippen LogP contribution in [0.1, 0.15) is 141 Å². The average Bonchev–Trinajstić information content (AvgIpc) is 1.65. The van der Waals surface area contributed by atoms with Crippen molar-refractivity contribution >= 4 is 141 Å². The lowest BCUT2D eigenvalue weighted by molar-refractivity contribution is -0.149. The summed E-state index contributed by atoms with van der Waals surface area (Å²) >= 11 is 0. The smallest absolute Gasteiger partial charge is 0.446 e. The van der Waals surface area contributed by atoms with E-state index in [1.807, 2.05) is 0 Å². The number of imidazole rings is 1. The largest absolute Gasteiger partial charge is 0.481 e. The number of likely N-dealkylation sites (tertiary alicyclic amines) is 5.